The van der Waals surface area contributed by atoms with Gasteiger partial charge in [-0.15, -0.1) is 5.10 Å². The summed E-state index contributed by atoms with van der Waals surface area (Å²) in [4.78, 5) is 32.8. The van der Waals surface area contributed by atoms with E-state index in [2.05, 4.69) is 20.4 Å². The Kier molecular flexibility index (Phi) is 3.90. The van der Waals surface area contributed by atoms with Gasteiger partial charge in [-0.25, -0.2) is 9.50 Å². The lowest BCUT2D eigenvalue weighted by atomic mass is 10.0. The molecule has 4 aromatic rings. The van der Waals surface area contributed by atoms with Crippen LogP contribution in [0.25, 0.3) is 16.8 Å². The zero-order chi connectivity index (χ0) is 20.0. The number of hydrogen-bond acceptors (Lipinski definition) is 5. The van der Waals surface area contributed by atoms with Crippen molar-refractivity contribution >= 4 is 23.3 Å². The number of pyridine rings is 2. The average Bonchev–Trinajstić information content (AvgIpc) is 3.28. The van der Waals surface area contributed by atoms with Crippen LogP contribution in [0.2, 0.25) is 0 Å². The van der Waals surface area contributed by atoms with Crippen LogP contribution < -0.4 is 5.32 Å². The summed E-state index contributed by atoms with van der Waals surface area (Å²) in [6.45, 7) is 0. The highest BCUT2D eigenvalue weighted by atomic mass is 19.1. The molecular formula is C21H14FN5O2. The van der Waals surface area contributed by atoms with E-state index in [-0.39, 0.29) is 24.1 Å². The Balaban J connectivity index is 1.42. The van der Waals surface area contributed by atoms with E-state index in [1.807, 2.05) is 0 Å². The normalized spacial score (nSPS) is 15.5. The van der Waals surface area contributed by atoms with Gasteiger partial charge in [-0.05, 0) is 29.8 Å². The van der Waals surface area contributed by atoms with Gasteiger partial charge in [-0.2, -0.15) is 9.37 Å². The minimum absolute atomic E-state index is 0.0492. The number of fused-ring (bicyclic) bond motifs is 2. The molecular weight excluding hydrogens is 373 g/mol. The van der Waals surface area contributed by atoms with Crippen LogP contribution in [0.4, 0.5) is 10.3 Å². The molecule has 142 valence electrons. The first-order valence-electron chi connectivity index (χ1n) is 9.00. The molecule has 0 saturated heterocycles. The van der Waals surface area contributed by atoms with E-state index in [9.17, 15) is 14.0 Å². The average molecular weight is 387 g/mol. The topological polar surface area (TPSA) is 89.2 Å². The summed E-state index contributed by atoms with van der Waals surface area (Å²) >= 11 is 0. The molecule has 8 heteroatoms. The molecule has 1 aliphatic carbocycles. The van der Waals surface area contributed by atoms with Crippen LogP contribution in [0.1, 0.15) is 28.3 Å². The van der Waals surface area contributed by atoms with Gasteiger partial charge in [0.15, 0.2) is 11.4 Å². The number of rotatable bonds is 3. The Labute approximate surface area is 164 Å². The third-order valence-corrected chi connectivity index (χ3v) is 4.98. The standard InChI is InChI=1S/C21H14FN5O2/c22-19-13(6-3-9-23-19)12-7-8-18-24-21(26-27(18)11-12)25-20(29)16-10-17(28)15-5-2-1-4-14(15)16/h1-9,11,16H,10H2,(H,25,26,29)/t16-/m0/s1. The molecule has 5 rings (SSSR count). The van der Waals surface area contributed by atoms with E-state index in [1.165, 1.54) is 10.7 Å². The van der Waals surface area contributed by atoms with Gasteiger partial charge < -0.3 is 0 Å². The highest BCUT2D eigenvalue weighted by Crippen LogP contribution is 2.33. The Morgan fingerprint density at radius 3 is 2.79 bits per heavy atom. The van der Waals surface area contributed by atoms with Gasteiger partial charge in [-0.1, -0.05) is 24.3 Å². The van der Waals surface area contributed by atoms with E-state index in [0.717, 1.165) is 0 Å². The van der Waals surface area contributed by atoms with Crippen LogP contribution in [0.5, 0.6) is 0 Å². The lowest BCUT2D eigenvalue weighted by Gasteiger charge is -2.08. The number of nitrogens with zero attached hydrogens (tertiary/aromatic N) is 4. The molecule has 0 radical (unpaired) electrons. The fourth-order valence-electron chi connectivity index (χ4n) is 3.59. The number of carbonyl (C=O) groups is 2. The van der Waals surface area contributed by atoms with Crippen molar-refractivity contribution in [1.29, 1.82) is 0 Å². The highest BCUT2D eigenvalue weighted by molar-refractivity contribution is 6.09. The second kappa shape index (κ2) is 6.59. The first-order valence-corrected chi connectivity index (χ1v) is 9.00. The van der Waals surface area contributed by atoms with Crippen molar-refractivity contribution in [2.24, 2.45) is 0 Å². The number of carbonyl (C=O) groups excluding carboxylic acids is 2. The maximum Gasteiger partial charge on any atom is 0.249 e. The van der Waals surface area contributed by atoms with Gasteiger partial charge in [0, 0.05) is 35.5 Å². The van der Waals surface area contributed by atoms with Gasteiger partial charge in [0.1, 0.15) is 0 Å². The largest absolute Gasteiger partial charge is 0.294 e. The number of nitrogens with one attached hydrogen (secondary N) is 1. The monoisotopic (exact) mass is 387 g/mol. The Bertz CT molecular complexity index is 1280. The zero-order valence-corrected chi connectivity index (χ0v) is 15.0. The molecule has 0 fully saturated rings. The summed E-state index contributed by atoms with van der Waals surface area (Å²) < 4.78 is 15.4. The van der Waals surface area contributed by atoms with Crippen LogP contribution in [0.3, 0.4) is 0 Å². The summed E-state index contributed by atoms with van der Waals surface area (Å²) in [6, 6.07) is 13.8. The van der Waals surface area contributed by atoms with Crippen LogP contribution in [-0.4, -0.2) is 31.3 Å². The molecule has 7 nitrogen and oxygen atoms in total. The van der Waals surface area contributed by atoms with Crippen molar-refractivity contribution in [3.63, 3.8) is 0 Å². The Morgan fingerprint density at radius 2 is 1.93 bits per heavy atom. The number of benzene rings is 1. The summed E-state index contributed by atoms with van der Waals surface area (Å²) in [5.41, 5.74) is 2.72. The number of anilines is 1. The molecule has 3 aromatic heterocycles. The quantitative estimate of drug-likeness (QED) is 0.545. The highest BCUT2D eigenvalue weighted by Gasteiger charge is 2.34. The summed E-state index contributed by atoms with van der Waals surface area (Å²) in [6.07, 6.45) is 3.13. The molecule has 1 N–H and O–H groups in total. The number of amides is 1. The lowest BCUT2D eigenvalue weighted by molar-refractivity contribution is -0.117. The van der Waals surface area contributed by atoms with Gasteiger partial charge in [-0.3, -0.25) is 14.9 Å². The minimum Gasteiger partial charge on any atom is -0.294 e. The van der Waals surface area contributed by atoms with Gasteiger partial charge in [0.2, 0.25) is 17.8 Å². The van der Waals surface area contributed by atoms with E-state index in [0.29, 0.717) is 27.9 Å². The zero-order valence-electron chi connectivity index (χ0n) is 15.0. The molecule has 1 amide bonds. The van der Waals surface area contributed by atoms with Crippen LogP contribution in [0.15, 0.2) is 60.9 Å². The molecule has 0 aliphatic heterocycles. The fraction of sp³-hybridized carbons (Fsp3) is 0.0952. The molecule has 3 heterocycles. The maximum atomic E-state index is 13.9. The molecule has 0 spiro atoms. The van der Waals surface area contributed by atoms with Gasteiger partial charge in [0.25, 0.3) is 0 Å². The molecule has 29 heavy (non-hydrogen) atoms. The third kappa shape index (κ3) is 2.94. The van der Waals surface area contributed by atoms with E-state index < -0.39 is 11.9 Å². The van der Waals surface area contributed by atoms with Crippen molar-refractivity contribution < 1.29 is 14.0 Å². The third-order valence-electron chi connectivity index (χ3n) is 4.98. The number of Topliss-reactive ketones (excluding diaryl/α,β-unsaturated/α-hetero) is 1. The van der Waals surface area contributed by atoms with Crippen LogP contribution in [0, 0.1) is 5.95 Å². The molecule has 1 aliphatic rings. The lowest BCUT2D eigenvalue weighted by Crippen LogP contribution is -2.20. The second-order valence-corrected chi connectivity index (χ2v) is 6.75. The summed E-state index contributed by atoms with van der Waals surface area (Å²) in [5, 5.41) is 6.95. The molecule has 1 aromatic carbocycles. The minimum atomic E-state index is -0.579. The fourth-order valence-corrected chi connectivity index (χ4v) is 3.59. The van der Waals surface area contributed by atoms with E-state index in [4.69, 9.17) is 0 Å². The molecule has 1 atom stereocenters. The Hall–Kier alpha value is -3.94. The Morgan fingerprint density at radius 1 is 1.10 bits per heavy atom. The second-order valence-electron chi connectivity index (χ2n) is 6.75. The van der Waals surface area contributed by atoms with Gasteiger partial charge in [0.05, 0.1) is 5.92 Å². The first kappa shape index (κ1) is 17.2. The summed E-state index contributed by atoms with van der Waals surface area (Å²) in [7, 11) is 0. The summed E-state index contributed by atoms with van der Waals surface area (Å²) in [5.74, 6) is -1.41. The number of ketones is 1. The van der Waals surface area contributed by atoms with E-state index >= 15 is 0 Å². The van der Waals surface area contributed by atoms with Crippen molar-refractivity contribution in [3.8, 4) is 11.1 Å². The maximum absolute atomic E-state index is 13.9. The molecule has 0 bridgehead atoms. The number of aromatic nitrogens is 4. The van der Waals surface area contributed by atoms with Gasteiger partial charge >= 0.3 is 0 Å². The first-order chi connectivity index (χ1) is 14.1. The number of halogens is 1. The SMILES string of the molecule is O=C1C[C@H](C(=O)Nc2nc3ccc(-c4cccnc4F)cn3n2)c2ccccc21. The van der Waals surface area contributed by atoms with Crippen LogP contribution in [-0.2, 0) is 4.79 Å². The predicted octanol–water partition coefficient (Wildman–Crippen LogP) is 3.24. The molecule has 0 unspecified atom stereocenters. The van der Waals surface area contributed by atoms with Crippen molar-refractivity contribution in [3.05, 3.63) is 78.0 Å². The number of hydrogen-bond donors (Lipinski definition) is 1. The van der Waals surface area contributed by atoms with Crippen LogP contribution >= 0.6 is 0 Å². The molecule has 0 saturated carbocycles. The van der Waals surface area contributed by atoms with Crippen molar-refractivity contribution in [2.45, 2.75) is 12.3 Å². The smallest absolute Gasteiger partial charge is 0.249 e. The van der Waals surface area contributed by atoms with E-state index in [1.54, 1.807) is 54.7 Å². The van der Waals surface area contributed by atoms with Crippen molar-refractivity contribution in [1.82, 2.24) is 19.6 Å². The van der Waals surface area contributed by atoms with Crippen molar-refractivity contribution in [2.75, 3.05) is 5.32 Å². The predicted molar refractivity (Wildman–Crippen MR) is 103 cm³/mol.